The van der Waals surface area contributed by atoms with E-state index in [1.54, 1.807) is 7.11 Å². The molecule has 1 aliphatic heterocycles. The highest BCUT2D eigenvalue weighted by Gasteiger charge is 2.14. The standard InChI is InChI=1S/C13H21N3O/c1-17-7-6-15-13-3-2-11(10-16-13)8-12-4-5-14-9-12/h2-3,10,12,14H,4-9H2,1H3,(H,15,16). The lowest BCUT2D eigenvalue weighted by molar-refractivity contribution is 0.210. The summed E-state index contributed by atoms with van der Waals surface area (Å²) < 4.78 is 4.98. The molecule has 0 amide bonds. The van der Waals surface area contributed by atoms with Gasteiger partial charge in [-0.15, -0.1) is 0 Å². The Balaban J connectivity index is 1.80. The Morgan fingerprint density at radius 3 is 3.12 bits per heavy atom. The van der Waals surface area contributed by atoms with Crippen molar-refractivity contribution in [1.29, 1.82) is 0 Å². The summed E-state index contributed by atoms with van der Waals surface area (Å²) >= 11 is 0. The minimum Gasteiger partial charge on any atom is -0.383 e. The van der Waals surface area contributed by atoms with Gasteiger partial charge in [-0.3, -0.25) is 0 Å². The molecule has 0 saturated carbocycles. The molecule has 0 spiro atoms. The average molecular weight is 235 g/mol. The van der Waals surface area contributed by atoms with E-state index in [2.05, 4.69) is 21.7 Å². The van der Waals surface area contributed by atoms with Crippen LogP contribution >= 0.6 is 0 Å². The third-order valence-corrected chi connectivity index (χ3v) is 3.12. The monoisotopic (exact) mass is 235 g/mol. The fraction of sp³-hybridized carbons (Fsp3) is 0.615. The van der Waals surface area contributed by atoms with Crippen molar-refractivity contribution in [2.45, 2.75) is 12.8 Å². The van der Waals surface area contributed by atoms with Crippen molar-refractivity contribution in [2.24, 2.45) is 5.92 Å². The maximum atomic E-state index is 4.98. The van der Waals surface area contributed by atoms with Crippen LogP contribution in [0.5, 0.6) is 0 Å². The van der Waals surface area contributed by atoms with Gasteiger partial charge in [-0.25, -0.2) is 4.98 Å². The molecule has 1 aromatic rings. The van der Waals surface area contributed by atoms with Gasteiger partial charge in [-0.2, -0.15) is 0 Å². The molecule has 2 heterocycles. The number of anilines is 1. The van der Waals surface area contributed by atoms with Crippen LogP contribution in [0.15, 0.2) is 18.3 Å². The topological polar surface area (TPSA) is 46.2 Å². The van der Waals surface area contributed by atoms with Crippen molar-refractivity contribution in [3.05, 3.63) is 23.9 Å². The first kappa shape index (κ1) is 12.3. The maximum Gasteiger partial charge on any atom is 0.125 e. The maximum absolute atomic E-state index is 4.98. The van der Waals surface area contributed by atoms with E-state index in [-0.39, 0.29) is 0 Å². The number of ether oxygens (including phenoxy) is 1. The second kappa shape index (κ2) is 6.57. The summed E-state index contributed by atoms with van der Waals surface area (Å²) in [6.45, 7) is 3.81. The lowest BCUT2D eigenvalue weighted by atomic mass is 10.00. The highest BCUT2D eigenvalue weighted by Crippen LogP contribution is 2.15. The lowest BCUT2D eigenvalue weighted by Crippen LogP contribution is -2.11. The van der Waals surface area contributed by atoms with Crippen LogP contribution in [0, 0.1) is 5.92 Å². The van der Waals surface area contributed by atoms with E-state index in [0.29, 0.717) is 6.61 Å². The Morgan fingerprint density at radius 1 is 1.53 bits per heavy atom. The Hall–Kier alpha value is -1.13. The van der Waals surface area contributed by atoms with Crippen molar-refractivity contribution in [3.8, 4) is 0 Å². The van der Waals surface area contributed by atoms with Gasteiger partial charge in [0.05, 0.1) is 6.61 Å². The number of nitrogens with one attached hydrogen (secondary N) is 2. The van der Waals surface area contributed by atoms with Crippen LogP contribution < -0.4 is 10.6 Å². The van der Waals surface area contributed by atoms with Gasteiger partial charge in [0.2, 0.25) is 0 Å². The van der Waals surface area contributed by atoms with Gasteiger partial charge in [-0.1, -0.05) is 6.07 Å². The van der Waals surface area contributed by atoms with E-state index in [1.165, 1.54) is 12.0 Å². The predicted molar refractivity (Wildman–Crippen MR) is 69.3 cm³/mol. The zero-order valence-electron chi connectivity index (χ0n) is 10.4. The number of nitrogens with zero attached hydrogens (tertiary/aromatic N) is 1. The smallest absolute Gasteiger partial charge is 0.125 e. The van der Waals surface area contributed by atoms with Crippen molar-refractivity contribution >= 4 is 5.82 Å². The Morgan fingerprint density at radius 2 is 2.47 bits per heavy atom. The third kappa shape index (κ3) is 3.98. The van der Waals surface area contributed by atoms with Crippen LogP contribution in [0.1, 0.15) is 12.0 Å². The van der Waals surface area contributed by atoms with Gasteiger partial charge in [0.25, 0.3) is 0 Å². The van der Waals surface area contributed by atoms with Crippen LogP contribution in [0.3, 0.4) is 0 Å². The van der Waals surface area contributed by atoms with Gasteiger partial charge >= 0.3 is 0 Å². The molecule has 1 aliphatic rings. The molecular formula is C13H21N3O. The van der Waals surface area contributed by atoms with Crippen LogP contribution in [0.2, 0.25) is 0 Å². The molecule has 0 aliphatic carbocycles. The number of rotatable bonds is 6. The number of hydrogen-bond donors (Lipinski definition) is 2. The van der Waals surface area contributed by atoms with Crippen LogP contribution in [-0.2, 0) is 11.2 Å². The van der Waals surface area contributed by atoms with Crippen molar-refractivity contribution in [3.63, 3.8) is 0 Å². The molecule has 2 N–H and O–H groups in total. The minimum atomic E-state index is 0.706. The molecule has 0 bridgehead atoms. The van der Waals surface area contributed by atoms with Gasteiger partial charge in [0.15, 0.2) is 0 Å². The summed E-state index contributed by atoms with van der Waals surface area (Å²) in [6, 6.07) is 4.22. The van der Waals surface area contributed by atoms with Crippen LogP contribution in [0.4, 0.5) is 5.82 Å². The fourth-order valence-corrected chi connectivity index (χ4v) is 2.15. The number of hydrogen-bond acceptors (Lipinski definition) is 4. The molecule has 1 atom stereocenters. The van der Waals surface area contributed by atoms with Crippen LogP contribution in [-0.4, -0.2) is 38.3 Å². The van der Waals surface area contributed by atoms with E-state index in [4.69, 9.17) is 4.74 Å². The summed E-state index contributed by atoms with van der Waals surface area (Å²) in [5.41, 5.74) is 1.33. The molecular weight excluding hydrogens is 214 g/mol. The summed E-state index contributed by atoms with van der Waals surface area (Å²) in [7, 11) is 1.70. The molecule has 17 heavy (non-hydrogen) atoms. The van der Waals surface area contributed by atoms with Gasteiger partial charge in [-0.05, 0) is 43.5 Å². The summed E-state index contributed by atoms with van der Waals surface area (Å²) in [5.74, 6) is 1.71. The van der Waals surface area contributed by atoms with E-state index < -0.39 is 0 Å². The summed E-state index contributed by atoms with van der Waals surface area (Å²) in [4.78, 5) is 4.41. The van der Waals surface area contributed by atoms with E-state index in [1.807, 2.05) is 12.3 Å². The predicted octanol–water partition coefficient (Wildman–Crippen LogP) is 1.29. The second-order valence-corrected chi connectivity index (χ2v) is 4.53. The second-order valence-electron chi connectivity index (χ2n) is 4.53. The highest BCUT2D eigenvalue weighted by atomic mass is 16.5. The molecule has 0 aromatic carbocycles. The van der Waals surface area contributed by atoms with E-state index >= 15 is 0 Å². The first-order valence-corrected chi connectivity index (χ1v) is 6.27. The van der Waals surface area contributed by atoms with Crippen molar-refractivity contribution in [2.75, 3.05) is 38.7 Å². The van der Waals surface area contributed by atoms with Gasteiger partial charge in [0, 0.05) is 19.9 Å². The van der Waals surface area contributed by atoms with Crippen LogP contribution in [0.25, 0.3) is 0 Å². The first-order valence-electron chi connectivity index (χ1n) is 6.27. The van der Waals surface area contributed by atoms with Crippen molar-refractivity contribution in [1.82, 2.24) is 10.3 Å². The molecule has 1 unspecified atom stereocenters. The van der Waals surface area contributed by atoms with E-state index in [9.17, 15) is 0 Å². The molecule has 0 radical (unpaired) electrons. The summed E-state index contributed by atoms with van der Waals surface area (Å²) in [6.07, 6.45) is 4.40. The number of pyridine rings is 1. The largest absolute Gasteiger partial charge is 0.383 e. The fourth-order valence-electron chi connectivity index (χ4n) is 2.15. The molecule has 4 nitrogen and oxygen atoms in total. The molecule has 1 aromatic heterocycles. The first-order chi connectivity index (χ1) is 8.38. The Kier molecular flexibility index (Phi) is 4.76. The van der Waals surface area contributed by atoms with Crippen molar-refractivity contribution < 1.29 is 4.74 Å². The third-order valence-electron chi connectivity index (χ3n) is 3.12. The molecule has 1 fully saturated rings. The SMILES string of the molecule is COCCNc1ccc(CC2CCNC2)cn1. The van der Waals surface area contributed by atoms with Gasteiger partial charge in [0.1, 0.15) is 5.82 Å². The van der Waals surface area contributed by atoms with E-state index in [0.717, 1.165) is 37.8 Å². The minimum absolute atomic E-state index is 0.706. The summed E-state index contributed by atoms with van der Waals surface area (Å²) in [5, 5.41) is 6.61. The zero-order valence-corrected chi connectivity index (χ0v) is 10.4. The zero-order chi connectivity index (χ0) is 11.9. The molecule has 4 heteroatoms. The number of methoxy groups -OCH3 is 1. The normalized spacial score (nSPS) is 19.5. The lowest BCUT2D eigenvalue weighted by Gasteiger charge is -2.09. The Bertz CT molecular complexity index is 320. The Labute approximate surface area is 103 Å². The number of aromatic nitrogens is 1. The highest BCUT2D eigenvalue weighted by molar-refractivity contribution is 5.35. The molecule has 2 rings (SSSR count). The molecule has 1 saturated heterocycles. The van der Waals surface area contributed by atoms with Gasteiger partial charge < -0.3 is 15.4 Å². The average Bonchev–Trinajstić information content (AvgIpc) is 2.85. The molecule has 94 valence electrons. The quantitative estimate of drug-likeness (QED) is 0.729.